The predicted molar refractivity (Wildman–Crippen MR) is 68.3 cm³/mol. The average molecular weight is 332 g/mol. The fourth-order valence-corrected chi connectivity index (χ4v) is 2.27. The Bertz CT molecular complexity index is 601. The fourth-order valence-electron chi connectivity index (χ4n) is 1.41. The minimum absolute atomic E-state index is 0.369. The number of aliphatic carboxylic acids is 1. The highest BCUT2D eigenvalue weighted by molar-refractivity contribution is 9.10. The van der Waals surface area contributed by atoms with E-state index in [1.54, 1.807) is 18.2 Å². The molecule has 0 aliphatic rings. The minimum atomic E-state index is -1.01. The van der Waals surface area contributed by atoms with E-state index in [0.29, 0.717) is 20.9 Å². The Balaban J connectivity index is 2.52. The lowest BCUT2D eigenvalue weighted by Gasteiger charge is -2.09. The van der Waals surface area contributed by atoms with Crippen LogP contribution in [0.25, 0.3) is 11.4 Å². The number of hydrogen-bond acceptors (Lipinski definition) is 4. The molecule has 1 N–H and O–H groups in total. The molecule has 2 aromatic rings. The summed E-state index contributed by atoms with van der Waals surface area (Å²) in [4.78, 5) is 11.0. The monoisotopic (exact) mass is 330 g/mol. The molecule has 1 atom stereocenters. The van der Waals surface area contributed by atoms with E-state index >= 15 is 0 Å². The van der Waals surface area contributed by atoms with E-state index < -0.39 is 12.0 Å². The van der Waals surface area contributed by atoms with Gasteiger partial charge in [-0.2, -0.15) is 0 Å². The van der Waals surface area contributed by atoms with Gasteiger partial charge >= 0.3 is 5.97 Å². The third-order valence-corrected chi connectivity index (χ3v) is 3.28. The number of carbonyl (C=O) groups is 1. The van der Waals surface area contributed by atoms with Crippen molar-refractivity contribution in [3.8, 4) is 11.4 Å². The van der Waals surface area contributed by atoms with Gasteiger partial charge < -0.3 is 5.11 Å². The van der Waals surface area contributed by atoms with Crippen molar-refractivity contribution < 1.29 is 9.90 Å². The first-order valence-electron chi connectivity index (χ1n) is 4.97. The van der Waals surface area contributed by atoms with Gasteiger partial charge in [0.25, 0.3) is 0 Å². The first kappa shape index (κ1) is 13.0. The highest BCUT2D eigenvalue weighted by atomic mass is 79.9. The molecule has 0 aliphatic carbocycles. The SMILES string of the molecule is CC(C(=O)O)n1nnnc1-c1ccc(Cl)cc1Br. The van der Waals surface area contributed by atoms with E-state index in [0.717, 1.165) is 0 Å². The summed E-state index contributed by atoms with van der Waals surface area (Å²) in [5.41, 5.74) is 0.678. The molecule has 1 heterocycles. The zero-order valence-corrected chi connectivity index (χ0v) is 11.6. The number of rotatable bonds is 3. The number of hydrogen-bond donors (Lipinski definition) is 1. The van der Waals surface area contributed by atoms with Gasteiger partial charge in [-0.25, -0.2) is 9.48 Å². The average Bonchev–Trinajstić information content (AvgIpc) is 2.76. The summed E-state index contributed by atoms with van der Waals surface area (Å²) >= 11 is 9.20. The summed E-state index contributed by atoms with van der Waals surface area (Å²) in [7, 11) is 0. The number of halogens is 2. The molecule has 0 aliphatic heterocycles. The number of carboxylic acid groups (broad SMARTS) is 1. The summed E-state index contributed by atoms with van der Waals surface area (Å²) in [6, 6.07) is 4.26. The molecule has 0 radical (unpaired) electrons. The van der Waals surface area contributed by atoms with Gasteiger partial charge in [0.05, 0.1) is 0 Å². The molecular formula is C10H8BrClN4O2. The fraction of sp³-hybridized carbons (Fsp3) is 0.200. The van der Waals surface area contributed by atoms with Crippen LogP contribution in [-0.2, 0) is 4.79 Å². The highest BCUT2D eigenvalue weighted by Crippen LogP contribution is 2.29. The number of carboxylic acids is 1. The Morgan fingerprint density at radius 3 is 2.89 bits per heavy atom. The van der Waals surface area contributed by atoms with Crippen molar-refractivity contribution in [3.05, 3.63) is 27.7 Å². The van der Waals surface area contributed by atoms with E-state index in [4.69, 9.17) is 16.7 Å². The Morgan fingerprint density at radius 2 is 2.28 bits per heavy atom. The van der Waals surface area contributed by atoms with E-state index in [-0.39, 0.29) is 0 Å². The molecule has 1 unspecified atom stereocenters. The van der Waals surface area contributed by atoms with Gasteiger partial charge in [0, 0.05) is 15.1 Å². The maximum atomic E-state index is 11.0. The molecule has 1 aromatic carbocycles. The topological polar surface area (TPSA) is 80.9 Å². The van der Waals surface area contributed by atoms with Crippen molar-refractivity contribution >= 4 is 33.5 Å². The van der Waals surface area contributed by atoms with Gasteiger partial charge in [-0.05, 0) is 51.5 Å². The van der Waals surface area contributed by atoms with Gasteiger partial charge in [-0.1, -0.05) is 11.6 Å². The lowest BCUT2D eigenvalue weighted by atomic mass is 10.2. The Hall–Kier alpha value is -1.47. The highest BCUT2D eigenvalue weighted by Gasteiger charge is 2.21. The number of nitrogens with zero attached hydrogens (tertiary/aromatic N) is 4. The molecule has 2 rings (SSSR count). The maximum Gasteiger partial charge on any atom is 0.328 e. The van der Waals surface area contributed by atoms with Crippen LogP contribution in [0.5, 0.6) is 0 Å². The Kier molecular flexibility index (Phi) is 3.63. The molecule has 0 spiro atoms. The second-order valence-corrected chi connectivity index (χ2v) is 4.88. The molecule has 0 saturated heterocycles. The van der Waals surface area contributed by atoms with Crippen LogP contribution in [0.3, 0.4) is 0 Å². The van der Waals surface area contributed by atoms with Crippen LogP contribution in [0.4, 0.5) is 0 Å². The maximum absolute atomic E-state index is 11.0. The standard InChI is InChI=1S/C10H8BrClN4O2/c1-5(10(17)18)16-9(13-14-15-16)7-3-2-6(12)4-8(7)11/h2-5H,1H3,(H,17,18). The van der Waals surface area contributed by atoms with Crippen molar-refractivity contribution in [2.45, 2.75) is 13.0 Å². The van der Waals surface area contributed by atoms with Crippen LogP contribution in [0, 0.1) is 0 Å². The van der Waals surface area contributed by atoms with Crippen LogP contribution in [-0.4, -0.2) is 31.3 Å². The number of tetrazole rings is 1. The Morgan fingerprint density at radius 1 is 1.56 bits per heavy atom. The zero-order chi connectivity index (χ0) is 13.3. The molecule has 0 amide bonds. The van der Waals surface area contributed by atoms with Gasteiger partial charge in [0.1, 0.15) is 0 Å². The molecular weight excluding hydrogens is 323 g/mol. The third kappa shape index (κ3) is 2.37. The van der Waals surface area contributed by atoms with Crippen molar-refractivity contribution in [3.63, 3.8) is 0 Å². The summed E-state index contributed by atoms with van der Waals surface area (Å²) in [6.45, 7) is 1.51. The second-order valence-electron chi connectivity index (χ2n) is 3.59. The second kappa shape index (κ2) is 5.03. The number of aromatic nitrogens is 4. The number of benzene rings is 1. The summed E-state index contributed by atoms with van der Waals surface area (Å²) < 4.78 is 1.94. The minimum Gasteiger partial charge on any atom is -0.480 e. The molecule has 0 fully saturated rings. The molecule has 18 heavy (non-hydrogen) atoms. The van der Waals surface area contributed by atoms with E-state index in [9.17, 15) is 4.79 Å². The quantitative estimate of drug-likeness (QED) is 0.934. The first-order valence-corrected chi connectivity index (χ1v) is 6.14. The summed E-state index contributed by atoms with van der Waals surface area (Å²) in [6.07, 6.45) is 0. The van der Waals surface area contributed by atoms with Crippen LogP contribution < -0.4 is 0 Å². The van der Waals surface area contributed by atoms with Gasteiger partial charge in [-0.3, -0.25) is 0 Å². The summed E-state index contributed by atoms with van der Waals surface area (Å²) in [5.74, 6) is -0.637. The van der Waals surface area contributed by atoms with E-state index in [1.807, 2.05) is 0 Å². The van der Waals surface area contributed by atoms with Crippen molar-refractivity contribution in [2.24, 2.45) is 0 Å². The van der Waals surface area contributed by atoms with Crippen LogP contribution in [0.15, 0.2) is 22.7 Å². The molecule has 0 saturated carbocycles. The smallest absolute Gasteiger partial charge is 0.328 e. The van der Waals surface area contributed by atoms with Crippen LogP contribution in [0.1, 0.15) is 13.0 Å². The van der Waals surface area contributed by atoms with Gasteiger partial charge in [0.2, 0.25) is 0 Å². The van der Waals surface area contributed by atoms with E-state index in [1.165, 1.54) is 11.6 Å². The zero-order valence-electron chi connectivity index (χ0n) is 9.21. The Labute approximate surface area is 116 Å². The van der Waals surface area contributed by atoms with Crippen molar-refractivity contribution in [1.29, 1.82) is 0 Å². The molecule has 1 aromatic heterocycles. The molecule has 6 nitrogen and oxygen atoms in total. The normalized spacial score (nSPS) is 12.4. The van der Waals surface area contributed by atoms with Crippen molar-refractivity contribution in [1.82, 2.24) is 20.2 Å². The first-order chi connectivity index (χ1) is 8.50. The van der Waals surface area contributed by atoms with Crippen molar-refractivity contribution in [2.75, 3.05) is 0 Å². The van der Waals surface area contributed by atoms with Crippen LogP contribution in [0.2, 0.25) is 5.02 Å². The summed E-state index contributed by atoms with van der Waals surface area (Å²) in [5, 5.41) is 20.6. The predicted octanol–water partition coefficient (Wildman–Crippen LogP) is 2.40. The molecule has 8 heteroatoms. The molecule has 0 bridgehead atoms. The van der Waals surface area contributed by atoms with Gasteiger partial charge in [0.15, 0.2) is 11.9 Å². The van der Waals surface area contributed by atoms with E-state index in [2.05, 4.69) is 31.5 Å². The lowest BCUT2D eigenvalue weighted by Crippen LogP contribution is -2.18. The lowest BCUT2D eigenvalue weighted by molar-refractivity contribution is -0.140. The largest absolute Gasteiger partial charge is 0.480 e. The van der Waals surface area contributed by atoms with Gasteiger partial charge in [-0.15, -0.1) is 5.10 Å². The third-order valence-electron chi connectivity index (χ3n) is 2.39. The van der Waals surface area contributed by atoms with Crippen LogP contribution >= 0.6 is 27.5 Å². The molecule has 94 valence electrons.